The number of amides is 1. The van der Waals surface area contributed by atoms with E-state index >= 15 is 0 Å². The number of nitrogens with two attached hydrogens (primary N) is 2. The van der Waals surface area contributed by atoms with Gasteiger partial charge in [-0.2, -0.15) is 0 Å². The fourth-order valence-corrected chi connectivity index (χ4v) is 3.71. The molecule has 0 radical (unpaired) electrons. The van der Waals surface area contributed by atoms with Gasteiger partial charge in [-0.25, -0.2) is 4.98 Å². The number of nitrogen functional groups attached to an aromatic ring is 1. The molecule has 0 spiro atoms. The van der Waals surface area contributed by atoms with E-state index in [0.29, 0.717) is 48.6 Å². The molecule has 162 valence electrons. The predicted octanol–water partition coefficient (Wildman–Crippen LogP) is 2.32. The van der Waals surface area contributed by atoms with E-state index in [-0.39, 0.29) is 0 Å². The van der Waals surface area contributed by atoms with Gasteiger partial charge < -0.3 is 31.2 Å². The third-order valence-electron chi connectivity index (χ3n) is 5.19. The number of anilines is 2. The maximum Gasteiger partial charge on any atom is 0.250 e. The first kappa shape index (κ1) is 21.7. The van der Waals surface area contributed by atoms with Crippen molar-refractivity contribution in [1.82, 2.24) is 10.3 Å². The Morgan fingerprint density at radius 2 is 1.80 bits per heavy atom. The number of nitrogens with zero attached hydrogens (tertiary/aromatic N) is 2. The smallest absolute Gasteiger partial charge is 0.250 e. The number of carbonyl (C=O) groups excluding carboxylic acids is 1. The van der Waals surface area contributed by atoms with Gasteiger partial charge in [0.15, 0.2) is 0 Å². The molecule has 30 heavy (non-hydrogen) atoms. The van der Waals surface area contributed by atoms with Gasteiger partial charge in [0.2, 0.25) is 5.91 Å². The summed E-state index contributed by atoms with van der Waals surface area (Å²) in [6.07, 6.45) is 3.54. The summed E-state index contributed by atoms with van der Waals surface area (Å²) >= 11 is 0. The molecule has 2 heterocycles. The molecule has 1 saturated heterocycles. The maximum absolute atomic E-state index is 11.4. The molecule has 3 rings (SSSR count). The molecule has 1 aliphatic heterocycles. The average Bonchev–Trinajstić information content (AvgIpc) is 2.76. The van der Waals surface area contributed by atoms with Crippen molar-refractivity contribution >= 4 is 17.4 Å². The molecule has 0 unspecified atom stereocenters. The Morgan fingerprint density at radius 1 is 1.17 bits per heavy atom. The van der Waals surface area contributed by atoms with Crippen LogP contribution in [0, 0.1) is 0 Å². The van der Waals surface area contributed by atoms with Gasteiger partial charge in [-0.1, -0.05) is 0 Å². The number of ether oxygens (including phenoxy) is 2. The van der Waals surface area contributed by atoms with Crippen molar-refractivity contribution in [3.8, 4) is 11.5 Å². The molecule has 0 aliphatic carbocycles. The number of piperidine rings is 1. The number of carbonyl (C=O) groups is 1. The first-order valence-electron chi connectivity index (χ1n) is 10.4. The molecule has 1 fully saturated rings. The highest BCUT2D eigenvalue weighted by atomic mass is 16.5. The lowest BCUT2D eigenvalue weighted by molar-refractivity contribution is 0.1000. The Labute approximate surface area is 177 Å². The van der Waals surface area contributed by atoms with Crippen molar-refractivity contribution in [2.75, 3.05) is 36.9 Å². The highest BCUT2D eigenvalue weighted by Gasteiger charge is 2.24. The summed E-state index contributed by atoms with van der Waals surface area (Å²) in [6.45, 7) is 7.43. The van der Waals surface area contributed by atoms with Crippen LogP contribution in [0.2, 0.25) is 0 Å². The normalized spacial score (nSPS) is 14.3. The SMILES string of the molecule is CCOc1cc(CN(c2ccc(C(N)=O)cn2)C2CCNCC2)cc(OCC)c1N. The Bertz CT molecular complexity index is 823. The number of nitrogens with one attached hydrogen (secondary N) is 1. The lowest BCUT2D eigenvalue weighted by atomic mass is 10.0. The van der Waals surface area contributed by atoms with Crippen LogP contribution in [-0.2, 0) is 6.54 Å². The second-order valence-electron chi connectivity index (χ2n) is 7.25. The van der Waals surface area contributed by atoms with Crippen LogP contribution < -0.4 is 31.2 Å². The van der Waals surface area contributed by atoms with Crippen molar-refractivity contribution < 1.29 is 14.3 Å². The number of hydrogen-bond acceptors (Lipinski definition) is 7. The van der Waals surface area contributed by atoms with Gasteiger partial charge in [-0.05, 0) is 69.6 Å². The predicted molar refractivity (Wildman–Crippen MR) is 118 cm³/mol. The molecular weight excluding hydrogens is 382 g/mol. The van der Waals surface area contributed by atoms with Crippen molar-refractivity contribution in [1.29, 1.82) is 0 Å². The van der Waals surface area contributed by atoms with Crippen LogP contribution in [0.5, 0.6) is 11.5 Å². The molecule has 5 N–H and O–H groups in total. The number of hydrogen-bond donors (Lipinski definition) is 3. The van der Waals surface area contributed by atoms with Crippen LogP contribution in [-0.4, -0.2) is 43.2 Å². The topological polar surface area (TPSA) is 116 Å². The third-order valence-corrected chi connectivity index (χ3v) is 5.19. The van der Waals surface area contributed by atoms with Crippen LogP contribution in [0.3, 0.4) is 0 Å². The fraction of sp³-hybridized carbons (Fsp3) is 0.455. The molecule has 1 aliphatic rings. The fourth-order valence-electron chi connectivity index (χ4n) is 3.71. The van der Waals surface area contributed by atoms with Gasteiger partial charge in [0.05, 0.1) is 18.8 Å². The first-order chi connectivity index (χ1) is 14.5. The lowest BCUT2D eigenvalue weighted by Crippen LogP contribution is -2.43. The van der Waals surface area contributed by atoms with Crippen molar-refractivity contribution in [2.24, 2.45) is 5.73 Å². The summed E-state index contributed by atoms with van der Waals surface area (Å²) in [5.74, 6) is 1.57. The summed E-state index contributed by atoms with van der Waals surface area (Å²) in [5, 5.41) is 3.40. The van der Waals surface area contributed by atoms with Gasteiger partial charge in [0.25, 0.3) is 0 Å². The lowest BCUT2D eigenvalue weighted by Gasteiger charge is -2.36. The van der Waals surface area contributed by atoms with Crippen LogP contribution in [0.15, 0.2) is 30.5 Å². The maximum atomic E-state index is 11.4. The van der Waals surface area contributed by atoms with Gasteiger partial charge in [0.1, 0.15) is 23.0 Å². The van der Waals surface area contributed by atoms with E-state index in [1.807, 2.05) is 32.0 Å². The summed E-state index contributed by atoms with van der Waals surface area (Å²) in [7, 11) is 0. The minimum Gasteiger partial charge on any atom is -0.492 e. The second-order valence-corrected chi connectivity index (χ2v) is 7.25. The third kappa shape index (κ3) is 5.13. The number of rotatable bonds is 9. The standard InChI is InChI=1S/C22H31N5O3/c1-3-29-18-11-15(12-19(21(18)23)30-4-2)14-27(17-7-9-25-10-8-17)20-6-5-16(13-26-20)22(24)28/h5-6,11-13,17,25H,3-4,7-10,14,23H2,1-2H3,(H2,24,28). The summed E-state index contributed by atoms with van der Waals surface area (Å²) in [4.78, 5) is 18.2. The van der Waals surface area contributed by atoms with E-state index < -0.39 is 5.91 Å². The molecule has 8 nitrogen and oxygen atoms in total. The zero-order valence-corrected chi connectivity index (χ0v) is 17.7. The van der Waals surface area contributed by atoms with Crippen LogP contribution in [0.1, 0.15) is 42.6 Å². The molecule has 0 atom stereocenters. The second kappa shape index (κ2) is 10.2. The van der Waals surface area contributed by atoms with Crippen LogP contribution >= 0.6 is 0 Å². The Balaban J connectivity index is 1.95. The van der Waals surface area contributed by atoms with Gasteiger partial charge in [-0.15, -0.1) is 0 Å². The molecular formula is C22H31N5O3. The minimum atomic E-state index is -0.483. The number of pyridine rings is 1. The zero-order chi connectivity index (χ0) is 21.5. The molecule has 2 aromatic rings. The Kier molecular flexibility index (Phi) is 7.35. The van der Waals surface area contributed by atoms with Crippen LogP contribution in [0.25, 0.3) is 0 Å². The monoisotopic (exact) mass is 413 g/mol. The van der Waals surface area contributed by atoms with E-state index in [1.165, 1.54) is 6.20 Å². The average molecular weight is 414 g/mol. The van der Waals surface area contributed by atoms with Crippen molar-refractivity contribution in [3.05, 3.63) is 41.6 Å². The highest BCUT2D eigenvalue weighted by Crippen LogP contribution is 2.35. The Morgan fingerprint density at radius 3 is 2.30 bits per heavy atom. The van der Waals surface area contributed by atoms with Crippen molar-refractivity contribution in [2.45, 2.75) is 39.3 Å². The number of aromatic nitrogens is 1. The first-order valence-corrected chi connectivity index (χ1v) is 10.4. The van der Waals surface area contributed by atoms with Crippen LogP contribution in [0.4, 0.5) is 11.5 Å². The molecule has 0 bridgehead atoms. The largest absolute Gasteiger partial charge is 0.492 e. The molecule has 8 heteroatoms. The Hall–Kier alpha value is -3.00. The van der Waals surface area contributed by atoms with Gasteiger partial charge in [-0.3, -0.25) is 4.79 Å². The number of primary amides is 1. The number of benzene rings is 1. The van der Waals surface area contributed by atoms with E-state index in [4.69, 9.17) is 20.9 Å². The van der Waals surface area contributed by atoms with E-state index in [9.17, 15) is 4.79 Å². The summed E-state index contributed by atoms with van der Waals surface area (Å²) in [5.41, 5.74) is 13.5. The molecule has 1 amide bonds. The molecule has 1 aromatic carbocycles. The summed E-state index contributed by atoms with van der Waals surface area (Å²) in [6, 6.07) is 7.83. The van der Waals surface area contributed by atoms with E-state index in [0.717, 1.165) is 37.3 Å². The highest BCUT2D eigenvalue weighted by molar-refractivity contribution is 5.92. The zero-order valence-electron chi connectivity index (χ0n) is 17.7. The molecule has 0 saturated carbocycles. The van der Waals surface area contributed by atoms with Gasteiger partial charge in [0, 0.05) is 18.8 Å². The van der Waals surface area contributed by atoms with E-state index in [1.54, 1.807) is 6.07 Å². The van der Waals surface area contributed by atoms with E-state index in [2.05, 4.69) is 15.2 Å². The quantitative estimate of drug-likeness (QED) is 0.540. The minimum absolute atomic E-state index is 0.321. The summed E-state index contributed by atoms with van der Waals surface area (Å²) < 4.78 is 11.5. The van der Waals surface area contributed by atoms with Gasteiger partial charge >= 0.3 is 0 Å². The molecule has 1 aromatic heterocycles. The van der Waals surface area contributed by atoms with Crippen molar-refractivity contribution in [3.63, 3.8) is 0 Å².